The fraction of sp³-hybridized carbons (Fsp3) is 0.625. The standard InChI is InChI=1S/C16H24N2O2/c1-10(2)14-5-4-11(3)6-15(14)20-16(19)12-7-13(17)9-18-8-12/h7-11,14-15H,4-6,17H2,1-3H3. The van der Waals surface area contributed by atoms with Gasteiger partial charge in [-0.1, -0.05) is 27.2 Å². The molecule has 0 aromatic carbocycles. The minimum atomic E-state index is -0.311. The van der Waals surface area contributed by atoms with E-state index in [0.29, 0.717) is 29.0 Å². The predicted octanol–water partition coefficient (Wildman–Crippen LogP) is 3.28. The largest absolute Gasteiger partial charge is 0.458 e. The number of hydrogen-bond donors (Lipinski definition) is 1. The van der Waals surface area contributed by atoms with Crippen LogP contribution in [0.2, 0.25) is 0 Å². The number of carbonyl (C=O) groups excluding carboxylic acids is 1. The lowest BCUT2D eigenvalue weighted by Gasteiger charge is -2.36. The quantitative estimate of drug-likeness (QED) is 0.860. The zero-order chi connectivity index (χ0) is 14.7. The highest BCUT2D eigenvalue weighted by Crippen LogP contribution is 2.35. The lowest BCUT2D eigenvalue weighted by atomic mass is 9.75. The van der Waals surface area contributed by atoms with Gasteiger partial charge in [0.15, 0.2) is 0 Å². The molecule has 0 amide bonds. The SMILES string of the molecule is CC1CCC(C(C)C)C(OC(=O)c2cncc(N)c2)C1. The first-order valence-electron chi connectivity index (χ1n) is 7.39. The maximum atomic E-state index is 12.2. The summed E-state index contributed by atoms with van der Waals surface area (Å²) in [7, 11) is 0. The van der Waals surface area contributed by atoms with Crippen LogP contribution in [0, 0.1) is 17.8 Å². The molecule has 20 heavy (non-hydrogen) atoms. The molecule has 0 radical (unpaired) electrons. The Labute approximate surface area is 120 Å². The van der Waals surface area contributed by atoms with E-state index in [1.54, 1.807) is 6.07 Å². The summed E-state index contributed by atoms with van der Waals surface area (Å²) in [6.45, 7) is 6.62. The van der Waals surface area contributed by atoms with E-state index in [1.807, 2.05) is 0 Å². The third-order valence-electron chi connectivity index (χ3n) is 4.21. The van der Waals surface area contributed by atoms with Crippen LogP contribution in [0.1, 0.15) is 50.4 Å². The van der Waals surface area contributed by atoms with Crippen molar-refractivity contribution in [3.63, 3.8) is 0 Å². The van der Waals surface area contributed by atoms with Crippen LogP contribution in [0.3, 0.4) is 0 Å². The Hall–Kier alpha value is -1.58. The fourth-order valence-corrected chi connectivity index (χ4v) is 3.03. The summed E-state index contributed by atoms with van der Waals surface area (Å²) in [5.74, 6) is 1.28. The van der Waals surface area contributed by atoms with Crippen LogP contribution in [0.25, 0.3) is 0 Å². The lowest BCUT2D eigenvalue weighted by Crippen LogP contribution is -2.35. The normalized spacial score (nSPS) is 26.5. The van der Waals surface area contributed by atoms with Crippen molar-refractivity contribution in [2.75, 3.05) is 5.73 Å². The van der Waals surface area contributed by atoms with Crippen LogP contribution < -0.4 is 5.73 Å². The number of anilines is 1. The smallest absolute Gasteiger partial charge is 0.340 e. The van der Waals surface area contributed by atoms with Crippen molar-refractivity contribution in [2.24, 2.45) is 17.8 Å². The minimum absolute atomic E-state index is 0.00711. The van der Waals surface area contributed by atoms with E-state index in [9.17, 15) is 4.79 Å². The van der Waals surface area contributed by atoms with Gasteiger partial charge in [0.25, 0.3) is 0 Å². The van der Waals surface area contributed by atoms with Gasteiger partial charge in [-0.25, -0.2) is 4.79 Å². The molecule has 0 bridgehead atoms. The number of nitrogens with zero attached hydrogens (tertiary/aromatic N) is 1. The van der Waals surface area contributed by atoms with E-state index in [1.165, 1.54) is 18.8 Å². The second-order valence-corrected chi connectivity index (χ2v) is 6.28. The molecule has 3 unspecified atom stereocenters. The third-order valence-corrected chi connectivity index (χ3v) is 4.21. The van der Waals surface area contributed by atoms with Crippen LogP contribution in [0.4, 0.5) is 5.69 Å². The highest BCUT2D eigenvalue weighted by molar-refractivity contribution is 5.90. The summed E-state index contributed by atoms with van der Waals surface area (Å²) in [5, 5.41) is 0. The van der Waals surface area contributed by atoms with Crippen molar-refractivity contribution < 1.29 is 9.53 Å². The summed E-state index contributed by atoms with van der Waals surface area (Å²) in [4.78, 5) is 16.2. The van der Waals surface area contributed by atoms with Crippen LogP contribution in [0.15, 0.2) is 18.5 Å². The van der Waals surface area contributed by atoms with Gasteiger partial charge in [0, 0.05) is 12.4 Å². The molecule has 1 aliphatic carbocycles. The first-order valence-corrected chi connectivity index (χ1v) is 7.39. The molecular formula is C16H24N2O2. The summed E-state index contributed by atoms with van der Waals surface area (Å²) < 4.78 is 5.74. The van der Waals surface area contributed by atoms with E-state index in [0.717, 1.165) is 12.8 Å². The van der Waals surface area contributed by atoms with Gasteiger partial charge >= 0.3 is 5.97 Å². The summed E-state index contributed by atoms with van der Waals surface area (Å²) in [6, 6.07) is 1.62. The number of aromatic nitrogens is 1. The van der Waals surface area contributed by atoms with Crippen molar-refractivity contribution in [1.29, 1.82) is 0 Å². The Balaban J connectivity index is 2.08. The summed E-state index contributed by atoms with van der Waals surface area (Å²) >= 11 is 0. The van der Waals surface area contributed by atoms with Crippen molar-refractivity contribution in [1.82, 2.24) is 4.98 Å². The monoisotopic (exact) mass is 276 g/mol. The maximum absolute atomic E-state index is 12.2. The zero-order valence-electron chi connectivity index (χ0n) is 12.5. The fourth-order valence-electron chi connectivity index (χ4n) is 3.03. The molecule has 4 nitrogen and oxygen atoms in total. The third kappa shape index (κ3) is 3.50. The van der Waals surface area contributed by atoms with Crippen LogP contribution >= 0.6 is 0 Å². The Kier molecular flexibility index (Phi) is 4.63. The number of hydrogen-bond acceptors (Lipinski definition) is 4. The molecule has 2 N–H and O–H groups in total. The van der Waals surface area contributed by atoms with Gasteiger partial charge in [0.05, 0.1) is 11.3 Å². The molecule has 4 heteroatoms. The van der Waals surface area contributed by atoms with Gasteiger partial charge in [0.1, 0.15) is 6.10 Å². The molecule has 1 heterocycles. The summed E-state index contributed by atoms with van der Waals surface area (Å²) in [5.41, 5.74) is 6.58. The van der Waals surface area contributed by atoms with E-state index < -0.39 is 0 Å². The highest BCUT2D eigenvalue weighted by Gasteiger charge is 2.33. The van der Waals surface area contributed by atoms with Crippen molar-refractivity contribution >= 4 is 11.7 Å². The zero-order valence-corrected chi connectivity index (χ0v) is 12.5. The van der Waals surface area contributed by atoms with E-state index in [4.69, 9.17) is 10.5 Å². The first kappa shape index (κ1) is 14.8. The Morgan fingerprint density at radius 1 is 1.40 bits per heavy atom. The van der Waals surface area contributed by atoms with Gasteiger partial charge in [-0.05, 0) is 36.7 Å². The molecule has 1 saturated carbocycles. The molecule has 1 fully saturated rings. The van der Waals surface area contributed by atoms with Gasteiger partial charge in [-0.15, -0.1) is 0 Å². The second-order valence-electron chi connectivity index (χ2n) is 6.28. The van der Waals surface area contributed by atoms with E-state index in [-0.39, 0.29) is 12.1 Å². The molecule has 0 aliphatic heterocycles. The highest BCUT2D eigenvalue weighted by atomic mass is 16.5. The number of pyridine rings is 1. The molecule has 2 rings (SSSR count). The average molecular weight is 276 g/mol. The number of nitrogen functional groups attached to an aromatic ring is 1. The lowest BCUT2D eigenvalue weighted by molar-refractivity contribution is -0.0174. The predicted molar refractivity (Wildman–Crippen MR) is 79.2 cm³/mol. The number of carbonyl (C=O) groups is 1. The van der Waals surface area contributed by atoms with Crippen LogP contribution in [-0.2, 0) is 4.74 Å². The van der Waals surface area contributed by atoms with Gasteiger partial charge in [-0.2, -0.15) is 0 Å². The number of rotatable bonds is 3. The Bertz CT molecular complexity index is 473. The number of nitrogens with two attached hydrogens (primary N) is 1. The minimum Gasteiger partial charge on any atom is -0.458 e. The Morgan fingerprint density at radius 2 is 2.15 bits per heavy atom. The van der Waals surface area contributed by atoms with Gasteiger partial charge < -0.3 is 10.5 Å². The van der Waals surface area contributed by atoms with Gasteiger partial charge in [-0.3, -0.25) is 4.98 Å². The van der Waals surface area contributed by atoms with Crippen LogP contribution in [0.5, 0.6) is 0 Å². The second kappa shape index (κ2) is 6.25. The molecule has 1 aromatic heterocycles. The molecule has 1 aliphatic rings. The molecule has 3 atom stereocenters. The summed E-state index contributed by atoms with van der Waals surface area (Å²) in [6.07, 6.45) is 6.34. The molecule has 0 saturated heterocycles. The Morgan fingerprint density at radius 3 is 2.80 bits per heavy atom. The molecule has 110 valence electrons. The number of esters is 1. The van der Waals surface area contributed by atoms with Gasteiger partial charge in [0.2, 0.25) is 0 Å². The van der Waals surface area contributed by atoms with Crippen LogP contribution in [-0.4, -0.2) is 17.1 Å². The van der Waals surface area contributed by atoms with E-state index in [2.05, 4.69) is 25.8 Å². The maximum Gasteiger partial charge on any atom is 0.340 e. The average Bonchev–Trinajstić information content (AvgIpc) is 2.38. The number of ether oxygens (including phenoxy) is 1. The van der Waals surface area contributed by atoms with E-state index >= 15 is 0 Å². The van der Waals surface area contributed by atoms with Crippen molar-refractivity contribution in [3.05, 3.63) is 24.0 Å². The molecular weight excluding hydrogens is 252 g/mol. The first-order chi connectivity index (χ1) is 9.47. The van der Waals surface area contributed by atoms with Crippen molar-refractivity contribution in [3.8, 4) is 0 Å². The molecule has 0 spiro atoms. The van der Waals surface area contributed by atoms with Crippen molar-refractivity contribution in [2.45, 2.75) is 46.1 Å². The molecule has 1 aromatic rings. The topological polar surface area (TPSA) is 65.2 Å².